The Kier molecular flexibility index (Phi) is 7.52. The number of likely N-dealkylation sites (N-methyl/N-ethyl adjacent to an activating group) is 1. The molecule has 1 amide bonds. The van der Waals surface area contributed by atoms with Crippen molar-refractivity contribution in [3.8, 4) is 0 Å². The number of methoxy groups -OCH3 is 1. The number of hydrogen-bond donors (Lipinski definition) is 6. The molecule has 10 nitrogen and oxygen atoms in total. The first kappa shape index (κ1) is 20.7. The largest absolute Gasteiger partial charge is 0.477 e. The lowest BCUT2D eigenvalue weighted by Gasteiger charge is -2.46. The van der Waals surface area contributed by atoms with E-state index in [0.29, 0.717) is 0 Å². The Labute approximate surface area is 139 Å². The molecule has 0 aromatic rings. The number of amides is 1. The highest BCUT2D eigenvalue weighted by molar-refractivity contribution is 5.79. The molecule has 10 heteroatoms. The topological polar surface area (TPSA) is 158 Å². The van der Waals surface area contributed by atoms with Gasteiger partial charge in [-0.2, -0.15) is 0 Å². The molecule has 1 saturated heterocycles. The highest BCUT2D eigenvalue weighted by atomic mass is 16.7. The number of carbonyl (C=O) groups excluding carboxylic acids is 1. The fourth-order valence-electron chi connectivity index (χ4n) is 2.61. The monoisotopic (exact) mass is 350 g/mol. The average molecular weight is 350 g/mol. The minimum absolute atomic E-state index is 0.0318. The molecule has 140 valence electrons. The van der Waals surface area contributed by atoms with Crippen LogP contribution in [0.15, 0.2) is 0 Å². The van der Waals surface area contributed by atoms with Crippen molar-refractivity contribution in [2.45, 2.75) is 43.5 Å². The Morgan fingerprint density at radius 1 is 1.46 bits per heavy atom. The quantitative estimate of drug-likeness (QED) is 0.273. The van der Waals surface area contributed by atoms with Crippen LogP contribution in [0.25, 0.3) is 0 Å². The van der Waals surface area contributed by atoms with Crippen LogP contribution in [-0.2, 0) is 19.1 Å². The molecular formula is C14H26N2O8. The minimum atomic E-state index is -2.15. The maximum Gasteiger partial charge on any atom is 0.364 e. The standard InChI is InChI=1S/C14H26N2O8/c1-7(6-17)11(20)12-10(16-9(19)5-15-2)8(18)4-14(23-3,24-12)13(21)22/h7-8,10-12,15,17-18,20H,4-6H2,1-3H3,(H,16,19)(H,21,22). The normalized spacial score (nSPS) is 32.8. The molecule has 0 aromatic carbocycles. The van der Waals surface area contributed by atoms with Gasteiger partial charge in [-0.3, -0.25) is 4.79 Å². The van der Waals surface area contributed by atoms with Gasteiger partial charge in [0.05, 0.1) is 24.8 Å². The molecule has 0 spiro atoms. The van der Waals surface area contributed by atoms with Crippen LogP contribution in [0.4, 0.5) is 0 Å². The Morgan fingerprint density at radius 3 is 2.54 bits per heavy atom. The third-order valence-corrected chi connectivity index (χ3v) is 4.10. The first-order valence-corrected chi connectivity index (χ1v) is 7.59. The van der Waals surface area contributed by atoms with E-state index >= 15 is 0 Å². The van der Waals surface area contributed by atoms with E-state index in [-0.39, 0.29) is 13.2 Å². The second-order valence-electron chi connectivity index (χ2n) is 5.89. The maximum absolute atomic E-state index is 11.8. The number of nitrogens with one attached hydrogen (secondary N) is 2. The Morgan fingerprint density at radius 2 is 2.08 bits per heavy atom. The Hall–Kier alpha value is -1.30. The minimum Gasteiger partial charge on any atom is -0.477 e. The van der Waals surface area contributed by atoms with Crippen LogP contribution in [0, 0.1) is 5.92 Å². The summed E-state index contributed by atoms with van der Waals surface area (Å²) in [5, 5.41) is 44.5. The molecule has 6 unspecified atom stereocenters. The molecule has 0 aliphatic carbocycles. The summed E-state index contributed by atoms with van der Waals surface area (Å²) in [6.45, 7) is 1.11. The molecule has 1 rings (SSSR count). The van der Waals surface area contributed by atoms with Crippen molar-refractivity contribution >= 4 is 11.9 Å². The third-order valence-electron chi connectivity index (χ3n) is 4.10. The van der Waals surface area contributed by atoms with E-state index in [0.717, 1.165) is 7.11 Å². The van der Waals surface area contributed by atoms with E-state index < -0.39 is 54.4 Å². The van der Waals surface area contributed by atoms with Crippen LogP contribution in [0.1, 0.15) is 13.3 Å². The van der Waals surface area contributed by atoms with Crippen molar-refractivity contribution in [1.29, 1.82) is 0 Å². The number of carbonyl (C=O) groups is 2. The lowest BCUT2D eigenvalue weighted by Crippen LogP contribution is -2.67. The number of carboxylic acids is 1. The number of aliphatic hydroxyl groups is 3. The zero-order chi connectivity index (χ0) is 18.5. The summed E-state index contributed by atoms with van der Waals surface area (Å²) in [6.07, 6.45) is -4.38. The van der Waals surface area contributed by atoms with Gasteiger partial charge in [0.25, 0.3) is 5.79 Å². The summed E-state index contributed by atoms with van der Waals surface area (Å²) in [4.78, 5) is 23.3. The number of carboxylic acid groups (broad SMARTS) is 1. The fraction of sp³-hybridized carbons (Fsp3) is 0.857. The van der Waals surface area contributed by atoms with E-state index in [1.807, 2.05) is 0 Å². The lowest BCUT2D eigenvalue weighted by atomic mass is 9.86. The SMILES string of the molecule is CNCC(=O)NC1C(O)CC(OC)(C(=O)O)OC1C(O)C(C)CO. The van der Waals surface area contributed by atoms with Gasteiger partial charge in [0.15, 0.2) is 0 Å². The van der Waals surface area contributed by atoms with Crippen molar-refractivity contribution in [2.75, 3.05) is 27.3 Å². The van der Waals surface area contributed by atoms with Crippen LogP contribution in [0.2, 0.25) is 0 Å². The molecule has 24 heavy (non-hydrogen) atoms. The van der Waals surface area contributed by atoms with Gasteiger partial charge < -0.3 is 40.5 Å². The summed E-state index contributed by atoms with van der Waals surface area (Å²) < 4.78 is 10.4. The Balaban J connectivity index is 3.12. The second-order valence-corrected chi connectivity index (χ2v) is 5.89. The molecule has 6 N–H and O–H groups in total. The van der Waals surface area contributed by atoms with Crippen molar-refractivity contribution in [3.63, 3.8) is 0 Å². The van der Waals surface area contributed by atoms with Crippen LogP contribution >= 0.6 is 0 Å². The number of rotatable bonds is 8. The average Bonchev–Trinajstić information content (AvgIpc) is 2.55. The first-order valence-electron chi connectivity index (χ1n) is 7.59. The molecule has 1 heterocycles. The zero-order valence-corrected chi connectivity index (χ0v) is 13.9. The van der Waals surface area contributed by atoms with Gasteiger partial charge >= 0.3 is 5.97 Å². The van der Waals surface area contributed by atoms with E-state index in [9.17, 15) is 30.0 Å². The van der Waals surface area contributed by atoms with Crippen molar-refractivity contribution in [2.24, 2.45) is 5.92 Å². The highest BCUT2D eigenvalue weighted by Crippen LogP contribution is 2.33. The molecule has 0 bridgehead atoms. The number of aliphatic carboxylic acids is 1. The summed E-state index contributed by atoms with van der Waals surface area (Å²) in [6, 6.07) is -1.06. The van der Waals surface area contributed by atoms with Gasteiger partial charge in [-0.25, -0.2) is 4.79 Å². The fourth-order valence-corrected chi connectivity index (χ4v) is 2.61. The molecule has 0 aromatic heterocycles. The summed E-state index contributed by atoms with van der Waals surface area (Å²) in [5.74, 6) is -4.74. The number of ether oxygens (including phenoxy) is 2. The van der Waals surface area contributed by atoms with Gasteiger partial charge in [-0.15, -0.1) is 0 Å². The highest BCUT2D eigenvalue weighted by Gasteiger charge is 2.54. The van der Waals surface area contributed by atoms with Gasteiger partial charge in [0, 0.05) is 26.1 Å². The molecule has 0 saturated carbocycles. The summed E-state index contributed by atoms with van der Waals surface area (Å²) in [5.41, 5.74) is 0. The smallest absolute Gasteiger partial charge is 0.364 e. The van der Waals surface area contributed by atoms with Crippen LogP contribution in [0.5, 0.6) is 0 Å². The maximum atomic E-state index is 11.8. The summed E-state index contributed by atoms with van der Waals surface area (Å²) in [7, 11) is 2.67. The van der Waals surface area contributed by atoms with E-state index in [1.54, 1.807) is 7.05 Å². The molecule has 1 fully saturated rings. The van der Waals surface area contributed by atoms with Gasteiger partial charge in [-0.05, 0) is 7.05 Å². The molecular weight excluding hydrogens is 324 g/mol. The van der Waals surface area contributed by atoms with Crippen LogP contribution in [0.3, 0.4) is 0 Å². The molecule has 6 atom stereocenters. The van der Waals surface area contributed by atoms with Crippen molar-refractivity contribution in [3.05, 3.63) is 0 Å². The van der Waals surface area contributed by atoms with Gasteiger partial charge in [0.2, 0.25) is 5.91 Å². The zero-order valence-electron chi connectivity index (χ0n) is 13.9. The number of aliphatic hydroxyl groups excluding tert-OH is 3. The van der Waals surface area contributed by atoms with Crippen molar-refractivity contribution < 1.29 is 39.5 Å². The number of hydrogen-bond acceptors (Lipinski definition) is 8. The second kappa shape index (κ2) is 8.70. The summed E-state index contributed by atoms with van der Waals surface area (Å²) >= 11 is 0. The van der Waals surface area contributed by atoms with Crippen molar-refractivity contribution in [1.82, 2.24) is 10.6 Å². The molecule has 1 aliphatic rings. The lowest BCUT2D eigenvalue weighted by molar-refractivity contribution is -0.301. The van der Waals surface area contributed by atoms with E-state index in [1.165, 1.54) is 6.92 Å². The van der Waals surface area contributed by atoms with Gasteiger partial charge in [0.1, 0.15) is 6.10 Å². The van der Waals surface area contributed by atoms with Crippen LogP contribution < -0.4 is 10.6 Å². The predicted molar refractivity (Wildman–Crippen MR) is 81.0 cm³/mol. The van der Waals surface area contributed by atoms with Gasteiger partial charge in [-0.1, -0.05) is 6.92 Å². The molecule has 0 radical (unpaired) electrons. The van der Waals surface area contributed by atoms with Crippen LogP contribution in [-0.4, -0.2) is 89.8 Å². The van der Waals surface area contributed by atoms with E-state index in [2.05, 4.69) is 10.6 Å². The van der Waals surface area contributed by atoms with E-state index in [4.69, 9.17) is 9.47 Å². The predicted octanol–water partition coefficient (Wildman–Crippen LogP) is -2.74. The first-order chi connectivity index (χ1) is 11.2. The Bertz CT molecular complexity index is 448. The molecule has 1 aliphatic heterocycles. The third kappa shape index (κ3) is 4.41.